The highest BCUT2D eigenvalue weighted by molar-refractivity contribution is 14.1. The van der Waals surface area contributed by atoms with Crippen molar-refractivity contribution >= 4 is 34.6 Å². The van der Waals surface area contributed by atoms with E-state index in [9.17, 15) is 9.59 Å². The number of carbonyl (C=O) groups is 2. The van der Waals surface area contributed by atoms with E-state index in [-0.39, 0.29) is 11.6 Å². The molecular weight excluding hydrogens is 235 g/mol. The number of rotatable bonds is 1. The van der Waals surface area contributed by atoms with Gasteiger partial charge in [0, 0.05) is 0 Å². The zero-order chi connectivity index (χ0) is 6.85. The minimum Gasteiger partial charge on any atom is -0.296 e. The molecule has 1 aliphatic rings. The van der Waals surface area contributed by atoms with Crippen LogP contribution in [-0.2, 0) is 12.7 Å². The first-order chi connectivity index (χ1) is 4.25. The lowest BCUT2D eigenvalue weighted by atomic mass is 10.3. The molecule has 9 heavy (non-hydrogen) atoms. The van der Waals surface area contributed by atoms with Crippen LogP contribution in [-0.4, -0.2) is 17.7 Å². The van der Waals surface area contributed by atoms with Gasteiger partial charge in [-0.2, -0.15) is 0 Å². The van der Waals surface area contributed by atoms with Gasteiger partial charge in [-0.3, -0.25) is 12.7 Å². The minimum absolute atomic E-state index is 0.269. The molecule has 0 saturated heterocycles. The Balaban J connectivity index is 2.75. The van der Waals surface area contributed by atoms with Gasteiger partial charge in [0.1, 0.15) is 23.0 Å². The molecule has 0 heterocycles. The molecule has 0 unspecified atom stereocenters. The highest BCUT2D eigenvalue weighted by atomic mass is 127. The van der Waals surface area contributed by atoms with Crippen LogP contribution >= 0.6 is 23.0 Å². The van der Waals surface area contributed by atoms with Crippen molar-refractivity contribution in [2.75, 3.05) is 0 Å². The summed E-state index contributed by atoms with van der Waals surface area (Å²) in [5.74, 6) is -0.538. The second kappa shape index (κ2) is 2.57. The summed E-state index contributed by atoms with van der Waals surface area (Å²) >= 11 is 1.54. The molecule has 1 aliphatic carbocycles. The summed E-state index contributed by atoms with van der Waals surface area (Å²) in [6.07, 6.45) is 1.59. The van der Waals surface area contributed by atoms with E-state index in [0.29, 0.717) is 0 Å². The summed E-state index contributed by atoms with van der Waals surface area (Å²) < 4.78 is 4.54. The topological polar surface area (TPSA) is 43.4 Å². The van der Waals surface area contributed by atoms with Gasteiger partial charge in [-0.25, -0.2) is 0 Å². The van der Waals surface area contributed by atoms with Gasteiger partial charge in [0.05, 0.1) is 0 Å². The van der Waals surface area contributed by atoms with Crippen molar-refractivity contribution in [1.29, 1.82) is 0 Å². The third kappa shape index (κ3) is 1.19. The molecule has 0 amide bonds. The standard InChI is InChI=1S/C5H3IO3/c6-9-5-3(7)1-2-4(5)8/h1-2,5H. The van der Waals surface area contributed by atoms with Crippen LogP contribution in [0.1, 0.15) is 0 Å². The van der Waals surface area contributed by atoms with Gasteiger partial charge >= 0.3 is 0 Å². The predicted molar refractivity (Wildman–Crippen MR) is 38.0 cm³/mol. The molecule has 0 radical (unpaired) electrons. The zero-order valence-corrected chi connectivity index (χ0v) is 6.49. The van der Waals surface area contributed by atoms with Crippen LogP contribution < -0.4 is 0 Å². The first-order valence-electron chi connectivity index (χ1n) is 2.29. The van der Waals surface area contributed by atoms with Gasteiger partial charge in [-0.1, -0.05) is 0 Å². The lowest BCUT2D eigenvalue weighted by Crippen LogP contribution is -2.21. The highest BCUT2D eigenvalue weighted by Gasteiger charge is 2.28. The van der Waals surface area contributed by atoms with Gasteiger partial charge in [-0.15, -0.1) is 0 Å². The Kier molecular flexibility index (Phi) is 1.97. The second-order valence-corrected chi connectivity index (χ2v) is 2.12. The normalized spacial score (nSPS) is 19.7. The number of hydrogen-bond donors (Lipinski definition) is 0. The van der Waals surface area contributed by atoms with E-state index >= 15 is 0 Å². The Bertz CT molecular complexity index is 167. The van der Waals surface area contributed by atoms with E-state index in [1.807, 2.05) is 0 Å². The van der Waals surface area contributed by atoms with Crippen molar-refractivity contribution < 1.29 is 12.7 Å². The third-order valence-corrected chi connectivity index (χ3v) is 1.53. The van der Waals surface area contributed by atoms with Crippen molar-refractivity contribution in [3.8, 4) is 0 Å². The molecule has 0 bridgehead atoms. The summed E-state index contributed by atoms with van der Waals surface area (Å²) in [6.45, 7) is 0. The van der Waals surface area contributed by atoms with Crippen molar-refractivity contribution in [2.24, 2.45) is 0 Å². The third-order valence-electron chi connectivity index (χ3n) is 1.02. The molecule has 0 aromatic rings. The molecule has 0 spiro atoms. The summed E-state index contributed by atoms with van der Waals surface area (Å²) in [4.78, 5) is 21.2. The first kappa shape index (κ1) is 6.88. The van der Waals surface area contributed by atoms with Gasteiger partial charge in [0.2, 0.25) is 0 Å². The predicted octanol–water partition coefficient (Wildman–Crippen LogP) is 0.430. The molecule has 0 saturated carbocycles. The molecule has 0 aromatic carbocycles. The van der Waals surface area contributed by atoms with E-state index in [2.05, 4.69) is 3.07 Å². The van der Waals surface area contributed by atoms with Crippen LogP contribution in [0.2, 0.25) is 0 Å². The lowest BCUT2D eigenvalue weighted by molar-refractivity contribution is -0.127. The van der Waals surface area contributed by atoms with Gasteiger partial charge in [-0.05, 0) is 12.2 Å². The van der Waals surface area contributed by atoms with Crippen molar-refractivity contribution in [3.05, 3.63) is 12.2 Å². The Morgan fingerprint density at radius 3 is 2.00 bits per heavy atom. The smallest absolute Gasteiger partial charge is 0.194 e. The number of hydrogen-bond acceptors (Lipinski definition) is 3. The average molecular weight is 238 g/mol. The number of ketones is 2. The molecule has 3 nitrogen and oxygen atoms in total. The summed E-state index contributed by atoms with van der Waals surface area (Å²) in [5, 5.41) is 0. The van der Waals surface area contributed by atoms with Crippen LogP contribution in [0.15, 0.2) is 12.2 Å². The van der Waals surface area contributed by atoms with Crippen LogP contribution in [0, 0.1) is 0 Å². The number of carbonyl (C=O) groups excluding carboxylic acids is 2. The van der Waals surface area contributed by atoms with Crippen LogP contribution in [0.3, 0.4) is 0 Å². The fourth-order valence-electron chi connectivity index (χ4n) is 0.567. The SMILES string of the molecule is O=C1C=CC(=O)C1OI. The largest absolute Gasteiger partial charge is 0.296 e. The van der Waals surface area contributed by atoms with E-state index < -0.39 is 6.10 Å². The summed E-state index contributed by atoms with van der Waals surface area (Å²) in [5.41, 5.74) is 0. The van der Waals surface area contributed by atoms with E-state index in [1.165, 1.54) is 35.2 Å². The molecule has 1 rings (SSSR count). The summed E-state index contributed by atoms with van der Waals surface area (Å²) in [7, 11) is 0. The minimum atomic E-state index is -0.870. The van der Waals surface area contributed by atoms with E-state index in [1.54, 1.807) is 0 Å². The molecule has 0 fully saturated rings. The lowest BCUT2D eigenvalue weighted by Gasteiger charge is -1.97. The Hall–Kier alpha value is -0.230. The number of halogens is 1. The Morgan fingerprint density at radius 2 is 1.78 bits per heavy atom. The fraction of sp³-hybridized carbons (Fsp3) is 0.200. The van der Waals surface area contributed by atoms with E-state index in [4.69, 9.17) is 0 Å². The molecule has 0 atom stereocenters. The Morgan fingerprint density at radius 1 is 1.33 bits per heavy atom. The van der Waals surface area contributed by atoms with Crippen molar-refractivity contribution in [1.82, 2.24) is 0 Å². The molecule has 0 N–H and O–H groups in total. The molecule has 48 valence electrons. The van der Waals surface area contributed by atoms with Gasteiger partial charge in [0.15, 0.2) is 17.7 Å². The summed E-state index contributed by atoms with van der Waals surface area (Å²) in [6, 6.07) is 0. The fourth-order valence-corrected chi connectivity index (χ4v) is 1.07. The highest BCUT2D eigenvalue weighted by Crippen LogP contribution is 2.08. The average Bonchev–Trinajstić information content (AvgIpc) is 2.12. The Labute approximate surface area is 65.8 Å². The zero-order valence-electron chi connectivity index (χ0n) is 4.33. The molecular formula is C5H3IO3. The van der Waals surface area contributed by atoms with Crippen LogP contribution in [0.25, 0.3) is 0 Å². The maximum absolute atomic E-state index is 10.6. The van der Waals surface area contributed by atoms with Crippen molar-refractivity contribution in [3.63, 3.8) is 0 Å². The maximum Gasteiger partial charge on any atom is 0.194 e. The molecule has 4 heteroatoms. The molecule has 0 aliphatic heterocycles. The first-order valence-corrected chi connectivity index (χ1v) is 3.17. The van der Waals surface area contributed by atoms with E-state index in [0.717, 1.165) is 0 Å². The van der Waals surface area contributed by atoms with Crippen LogP contribution in [0.5, 0.6) is 0 Å². The molecule has 0 aromatic heterocycles. The van der Waals surface area contributed by atoms with Crippen LogP contribution in [0.4, 0.5) is 0 Å². The van der Waals surface area contributed by atoms with Crippen molar-refractivity contribution in [2.45, 2.75) is 6.10 Å². The van der Waals surface area contributed by atoms with Gasteiger partial charge in [0.25, 0.3) is 0 Å². The van der Waals surface area contributed by atoms with Gasteiger partial charge < -0.3 is 0 Å². The quantitative estimate of drug-likeness (QED) is 0.491. The maximum atomic E-state index is 10.6. The monoisotopic (exact) mass is 238 g/mol. The second-order valence-electron chi connectivity index (χ2n) is 1.61.